The molecule has 2 saturated heterocycles. The molecule has 0 aromatic heterocycles. The fourth-order valence-corrected chi connectivity index (χ4v) is 7.43. The highest BCUT2D eigenvalue weighted by Crippen LogP contribution is 2.41. The number of benzene rings is 4. The molecule has 1 unspecified atom stereocenters. The van der Waals surface area contributed by atoms with Gasteiger partial charge in [0, 0.05) is 31.1 Å². The molecule has 66 heavy (non-hydrogen) atoms. The predicted molar refractivity (Wildman–Crippen MR) is 250 cm³/mol. The number of ether oxygens (including phenoxy) is 5. The van der Waals surface area contributed by atoms with Crippen LogP contribution in [-0.4, -0.2) is 160 Å². The first-order chi connectivity index (χ1) is 30.1. The van der Waals surface area contributed by atoms with E-state index in [0.717, 1.165) is 33.8 Å². The zero-order valence-electron chi connectivity index (χ0n) is 36.7. The summed E-state index contributed by atoms with van der Waals surface area (Å²) in [6.07, 6.45) is -11.2. The van der Waals surface area contributed by atoms with Crippen molar-refractivity contribution in [2.45, 2.75) is 108 Å². The number of aliphatic hydroxyl groups excluding tert-OH is 10. The molecule has 0 bridgehead atoms. The number of aliphatic hydroxyl groups is 10. The van der Waals surface area contributed by atoms with E-state index in [1.165, 1.54) is 14.0 Å². The van der Waals surface area contributed by atoms with Crippen molar-refractivity contribution in [3.8, 4) is 11.5 Å². The monoisotopic (exact) mass is 967 g/mol. The SMILES string of the molecule is C.CCOc1ccc(Cc2cc(C3(OC)O[C@H](CO)[C@@H](O)[C@H](O)[C@H]3O)ccc2Cl)cc1.CCOc1ccc(Cc2cc([C@@H]3O[C@H](CO)[C@@H](O)[C@H](O)[C@H]3O)ccc2Cl)cc1.C[C@H](O)CO.O.[B]. The number of hydrogen-bond acceptors (Lipinski definition) is 15. The van der Waals surface area contributed by atoms with Gasteiger partial charge in [0.15, 0.2) is 0 Å². The Labute approximate surface area is 398 Å². The number of methoxy groups -OCH3 is 1. The van der Waals surface area contributed by atoms with Gasteiger partial charge in [-0.05, 0) is 104 Å². The van der Waals surface area contributed by atoms with Gasteiger partial charge in [-0.2, -0.15) is 0 Å². The maximum atomic E-state index is 10.7. The van der Waals surface area contributed by atoms with E-state index in [-0.39, 0.29) is 27.9 Å². The summed E-state index contributed by atoms with van der Waals surface area (Å²) in [5, 5.41) is 97.3. The molecule has 0 aliphatic carbocycles. The van der Waals surface area contributed by atoms with Gasteiger partial charge in [0.05, 0.1) is 39.1 Å². The van der Waals surface area contributed by atoms with E-state index in [9.17, 15) is 40.9 Å². The van der Waals surface area contributed by atoms with Crippen LogP contribution in [0.2, 0.25) is 10.0 Å². The third-order valence-electron chi connectivity index (χ3n) is 10.5. The van der Waals surface area contributed by atoms with Crippen LogP contribution in [0.4, 0.5) is 0 Å². The van der Waals surface area contributed by atoms with E-state index < -0.39 is 80.0 Å². The quantitative estimate of drug-likeness (QED) is 0.0812. The molecule has 4 aromatic rings. The van der Waals surface area contributed by atoms with Crippen molar-refractivity contribution < 1.29 is 80.2 Å². The van der Waals surface area contributed by atoms with Crippen LogP contribution in [-0.2, 0) is 32.8 Å². The van der Waals surface area contributed by atoms with E-state index >= 15 is 0 Å². The molecular weight excluding hydrogens is 902 g/mol. The fraction of sp³-hybridized carbons (Fsp3) is 0.489. The van der Waals surface area contributed by atoms with Gasteiger partial charge in [-0.15, -0.1) is 0 Å². The molecule has 2 aliphatic heterocycles. The summed E-state index contributed by atoms with van der Waals surface area (Å²) in [6.45, 7) is 5.41. The van der Waals surface area contributed by atoms with Crippen molar-refractivity contribution in [3.63, 3.8) is 0 Å². The Morgan fingerprint density at radius 1 is 0.652 bits per heavy atom. The third-order valence-corrected chi connectivity index (χ3v) is 11.3. The summed E-state index contributed by atoms with van der Waals surface area (Å²) in [7, 11) is 1.32. The van der Waals surface area contributed by atoms with E-state index in [0.29, 0.717) is 47.2 Å². The summed E-state index contributed by atoms with van der Waals surface area (Å²) in [6, 6.07) is 25.6. The molecule has 3 radical (unpaired) electrons. The average molecular weight is 969 g/mol. The van der Waals surface area contributed by atoms with Crippen molar-refractivity contribution in [2.75, 3.05) is 40.1 Å². The lowest BCUT2D eigenvalue weighted by molar-refractivity contribution is -0.366. The van der Waals surface area contributed by atoms with Gasteiger partial charge in [-0.25, -0.2) is 0 Å². The second-order valence-electron chi connectivity index (χ2n) is 15.1. The van der Waals surface area contributed by atoms with Crippen LogP contribution < -0.4 is 9.47 Å². The molecule has 12 N–H and O–H groups in total. The van der Waals surface area contributed by atoms with E-state index in [1.54, 1.807) is 30.3 Å². The minimum absolute atomic E-state index is 0. The Balaban J connectivity index is 0.000000575. The molecule has 19 heteroatoms. The molecule has 2 fully saturated rings. The van der Waals surface area contributed by atoms with Crippen LogP contribution in [0, 0.1) is 0 Å². The smallest absolute Gasteiger partial charge is 0.224 e. The predicted octanol–water partition coefficient (Wildman–Crippen LogP) is 2.24. The van der Waals surface area contributed by atoms with Crippen LogP contribution in [0.15, 0.2) is 84.9 Å². The Morgan fingerprint density at radius 3 is 1.55 bits per heavy atom. The van der Waals surface area contributed by atoms with Gasteiger partial charge in [-0.3, -0.25) is 0 Å². The van der Waals surface area contributed by atoms with Crippen molar-refractivity contribution in [1.29, 1.82) is 0 Å². The summed E-state index contributed by atoms with van der Waals surface area (Å²) in [4.78, 5) is 0. The van der Waals surface area contributed by atoms with E-state index in [4.69, 9.17) is 57.1 Å². The van der Waals surface area contributed by atoms with Gasteiger partial charge < -0.3 is 80.2 Å². The van der Waals surface area contributed by atoms with Crippen LogP contribution in [0.3, 0.4) is 0 Å². The van der Waals surface area contributed by atoms with E-state index in [2.05, 4.69) is 0 Å². The van der Waals surface area contributed by atoms with Gasteiger partial charge in [0.25, 0.3) is 0 Å². The van der Waals surface area contributed by atoms with Crippen molar-refractivity contribution >= 4 is 31.6 Å². The van der Waals surface area contributed by atoms with E-state index in [1.807, 2.05) is 68.4 Å². The Hall–Kier alpha value is -3.44. The molecule has 11 atom stereocenters. The van der Waals surface area contributed by atoms with Gasteiger partial charge in [-0.1, -0.05) is 73.1 Å². The van der Waals surface area contributed by atoms with Crippen molar-refractivity contribution in [3.05, 3.63) is 128 Å². The molecular formula is C47H66BCl2O16. The first-order valence-corrected chi connectivity index (χ1v) is 21.3. The number of rotatable bonds is 14. The summed E-state index contributed by atoms with van der Waals surface area (Å²) < 4.78 is 27.8. The van der Waals surface area contributed by atoms with Crippen LogP contribution in [0.5, 0.6) is 11.5 Å². The van der Waals surface area contributed by atoms with Gasteiger partial charge in [0.1, 0.15) is 66.4 Å². The lowest BCUT2D eigenvalue weighted by Gasteiger charge is -2.47. The Kier molecular flexibility index (Phi) is 26.4. The number of hydrogen-bond donors (Lipinski definition) is 10. The molecule has 2 aliphatic rings. The molecule has 6 rings (SSSR count). The van der Waals surface area contributed by atoms with Gasteiger partial charge >= 0.3 is 0 Å². The second kappa shape index (κ2) is 28.8. The van der Waals surface area contributed by atoms with Crippen LogP contribution in [0.25, 0.3) is 0 Å². The topological polar surface area (TPSA) is 280 Å². The Morgan fingerprint density at radius 2 is 1.11 bits per heavy atom. The van der Waals surface area contributed by atoms with Crippen LogP contribution >= 0.6 is 23.2 Å². The summed E-state index contributed by atoms with van der Waals surface area (Å²) >= 11 is 12.8. The lowest BCUT2D eigenvalue weighted by atomic mass is 9.87. The van der Waals surface area contributed by atoms with Gasteiger partial charge in [0.2, 0.25) is 5.79 Å². The molecule has 367 valence electrons. The largest absolute Gasteiger partial charge is 0.494 e. The maximum Gasteiger partial charge on any atom is 0.224 e. The minimum atomic E-state index is -1.77. The van der Waals surface area contributed by atoms with Crippen molar-refractivity contribution in [1.82, 2.24) is 0 Å². The molecule has 0 amide bonds. The first kappa shape index (κ1) is 60.6. The molecule has 16 nitrogen and oxygen atoms in total. The summed E-state index contributed by atoms with van der Waals surface area (Å²) in [5.74, 6) is -0.197. The highest BCUT2D eigenvalue weighted by atomic mass is 35.5. The highest BCUT2D eigenvalue weighted by Gasteiger charge is 2.55. The molecule has 4 aromatic carbocycles. The zero-order chi connectivity index (χ0) is 46.4. The maximum absolute atomic E-state index is 10.7. The molecule has 0 spiro atoms. The summed E-state index contributed by atoms with van der Waals surface area (Å²) in [5.41, 5.74) is 4.65. The Bertz CT molecular complexity index is 1980. The highest BCUT2D eigenvalue weighted by molar-refractivity contribution is 6.31. The second-order valence-corrected chi connectivity index (χ2v) is 15.9. The number of halogens is 2. The van der Waals surface area contributed by atoms with Crippen LogP contribution in [0.1, 0.15) is 67.7 Å². The van der Waals surface area contributed by atoms with Crippen molar-refractivity contribution in [2.24, 2.45) is 0 Å². The molecule has 0 saturated carbocycles. The zero-order valence-corrected chi connectivity index (χ0v) is 38.2. The average Bonchev–Trinajstić information content (AvgIpc) is 3.28. The lowest BCUT2D eigenvalue weighted by Crippen LogP contribution is -2.64. The molecule has 2 heterocycles. The fourth-order valence-electron chi connectivity index (χ4n) is 7.06. The normalized spacial score (nSPS) is 26.0. The standard InChI is InChI=1S/C22H27ClO7.C21H25ClO6.C3H8O2.CH4.B.H2O/c1-3-29-16-7-4-13(5-8-16)10-14-11-15(6-9-17(14)23)22(28-2)21(27)20(26)19(25)18(12-24)30-22;1-2-27-15-6-3-12(4-7-15)9-14-10-13(5-8-16(14)22)21-20(26)19(25)18(24)17(11-23)28-21;1-3(5)2-4;;;/h4-9,11,18-21,24-27H,3,10,12H2,1-2H3;3-8,10,17-21,23-26H,2,9,11H2,1H3;3-5H,2H2,1H3;1H4;;1H2/t18-,19-,20+,21-,22?;17-,18-,19+,20-,21+;3-;;;/m110.../s1. The first-order valence-electron chi connectivity index (χ1n) is 20.6. The third kappa shape index (κ3) is 15.3. The minimum Gasteiger partial charge on any atom is -0.494 e.